The van der Waals surface area contributed by atoms with Crippen molar-refractivity contribution >= 4 is 23.2 Å². The predicted octanol–water partition coefficient (Wildman–Crippen LogP) is 0.882. The molecule has 6 nitrogen and oxygen atoms in total. The van der Waals surface area contributed by atoms with Gasteiger partial charge in [0.05, 0.1) is 24.5 Å². The lowest BCUT2D eigenvalue weighted by Crippen LogP contribution is -2.28. The van der Waals surface area contributed by atoms with Crippen LogP contribution in [0.5, 0.6) is 0 Å². The third-order valence-corrected chi connectivity index (χ3v) is 4.16. The second-order valence-electron chi connectivity index (χ2n) is 4.59. The Morgan fingerprint density at radius 3 is 3.19 bits per heavy atom. The van der Waals surface area contributed by atoms with Crippen LogP contribution in [0.15, 0.2) is 17.8 Å². The van der Waals surface area contributed by atoms with Crippen LogP contribution >= 0.6 is 11.3 Å². The molecule has 0 bridgehead atoms. The molecule has 0 unspecified atom stereocenters. The highest BCUT2D eigenvalue weighted by atomic mass is 32.1. The maximum absolute atomic E-state index is 12.3. The molecule has 0 aliphatic carbocycles. The second-order valence-corrected chi connectivity index (χ2v) is 5.51. The molecule has 1 aliphatic rings. The number of hydrogen-bond acceptors (Lipinski definition) is 4. The smallest absolute Gasteiger partial charge is 0.272 e. The third-order valence-electron chi connectivity index (χ3n) is 3.26. The van der Waals surface area contributed by atoms with Gasteiger partial charge < -0.3 is 10.2 Å². The molecule has 0 aromatic carbocycles. The molecular formula is C14H12N4O2S. The summed E-state index contributed by atoms with van der Waals surface area (Å²) >= 11 is 1.38. The van der Waals surface area contributed by atoms with Crippen LogP contribution in [-0.2, 0) is 6.54 Å². The number of aromatic nitrogens is 2. The second kappa shape index (κ2) is 5.07. The summed E-state index contributed by atoms with van der Waals surface area (Å²) in [4.78, 5) is 30.8. The fourth-order valence-electron chi connectivity index (χ4n) is 2.26. The molecule has 106 valence electrons. The first-order valence-electron chi connectivity index (χ1n) is 6.24. The van der Waals surface area contributed by atoms with Crippen LogP contribution in [0.25, 0.3) is 5.69 Å². The highest BCUT2D eigenvalue weighted by Crippen LogP contribution is 2.29. The van der Waals surface area contributed by atoms with Crippen molar-refractivity contribution in [2.45, 2.75) is 6.54 Å². The van der Waals surface area contributed by atoms with Gasteiger partial charge in [-0.1, -0.05) is 5.92 Å². The Bertz CT molecular complexity index is 768. The zero-order valence-electron chi connectivity index (χ0n) is 11.3. The highest BCUT2D eigenvalue weighted by molar-refractivity contribution is 7.12. The number of rotatable bonds is 2. The van der Waals surface area contributed by atoms with Crippen molar-refractivity contribution in [1.29, 1.82) is 0 Å². The van der Waals surface area contributed by atoms with Gasteiger partial charge in [-0.25, -0.2) is 4.98 Å². The van der Waals surface area contributed by atoms with Gasteiger partial charge in [0.1, 0.15) is 11.2 Å². The number of imidazole rings is 1. The van der Waals surface area contributed by atoms with Crippen molar-refractivity contribution in [3.63, 3.8) is 0 Å². The van der Waals surface area contributed by atoms with E-state index in [1.165, 1.54) is 11.3 Å². The average molecular weight is 300 g/mol. The van der Waals surface area contributed by atoms with Gasteiger partial charge in [-0.2, -0.15) is 0 Å². The molecule has 1 aliphatic heterocycles. The first kappa shape index (κ1) is 13.4. The molecule has 2 amide bonds. The maximum atomic E-state index is 12.3. The van der Waals surface area contributed by atoms with Crippen molar-refractivity contribution in [3.8, 4) is 18.0 Å². The quantitative estimate of drug-likeness (QED) is 0.837. The van der Waals surface area contributed by atoms with Crippen LogP contribution in [0, 0.1) is 12.3 Å². The number of terminal acetylenes is 1. The summed E-state index contributed by atoms with van der Waals surface area (Å²) in [6.07, 6.45) is 6.71. The topological polar surface area (TPSA) is 67.2 Å². The minimum absolute atomic E-state index is 0.0568. The minimum atomic E-state index is -0.332. The van der Waals surface area contributed by atoms with E-state index in [2.05, 4.69) is 16.2 Å². The first-order valence-corrected chi connectivity index (χ1v) is 7.12. The molecule has 1 N–H and O–H groups in total. The van der Waals surface area contributed by atoms with Gasteiger partial charge in [0.15, 0.2) is 5.69 Å². The van der Waals surface area contributed by atoms with Crippen molar-refractivity contribution in [3.05, 3.63) is 34.0 Å². The maximum Gasteiger partial charge on any atom is 0.272 e. The van der Waals surface area contributed by atoms with Crippen LogP contribution in [0.4, 0.5) is 0 Å². The molecule has 2 aromatic heterocycles. The Balaban J connectivity index is 2.09. The van der Waals surface area contributed by atoms with Crippen LogP contribution in [0.1, 0.15) is 25.9 Å². The standard InChI is InChI=1S/C14H12N4O2S/c1-3-5-15-13(19)11-10-7-17(2)14(20)12-9(4-6-21-12)18(10)8-16-11/h1,4,6,8H,5,7H2,2H3,(H,15,19). The number of amides is 2. The summed E-state index contributed by atoms with van der Waals surface area (Å²) in [5.41, 5.74) is 1.73. The lowest BCUT2D eigenvalue weighted by molar-refractivity contribution is 0.0789. The van der Waals surface area contributed by atoms with E-state index in [1.807, 2.05) is 11.4 Å². The summed E-state index contributed by atoms with van der Waals surface area (Å²) in [5.74, 6) is 1.96. The van der Waals surface area contributed by atoms with E-state index in [-0.39, 0.29) is 18.4 Å². The van der Waals surface area contributed by atoms with Gasteiger partial charge in [0.2, 0.25) is 0 Å². The van der Waals surface area contributed by atoms with Crippen molar-refractivity contribution in [2.75, 3.05) is 13.6 Å². The van der Waals surface area contributed by atoms with E-state index in [0.29, 0.717) is 22.8 Å². The summed E-state index contributed by atoms with van der Waals surface area (Å²) in [6.45, 7) is 0.461. The van der Waals surface area contributed by atoms with Gasteiger partial charge in [-0.3, -0.25) is 14.2 Å². The highest BCUT2D eigenvalue weighted by Gasteiger charge is 2.28. The van der Waals surface area contributed by atoms with E-state index < -0.39 is 0 Å². The van der Waals surface area contributed by atoms with Crippen LogP contribution in [0.3, 0.4) is 0 Å². The van der Waals surface area contributed by atoms with E-state index in [4.69, 9.17) is 6.42 Å². The number of thiophene rings is 1. The molecule has 0 fully saturated rings. The lowest BCUT2D eigenvalue weighted by Gasteiger charge is -2.14. The summed E-state index contributed by atoms with van der Waals surface area (Å²) in [5, 5.41) is 4.45. The molecule has 7 heteroatoms. The minimum Gasteiger partial charge on any atom is -0.340 e. The molecule has 0 saturated heterocycles. The van der Waals surface area contributed by atoms with Gasteiger partial charge in [0.25, 0.3) is 11.8 Å². The van der Waals surface area contributed by atoms with Gasteiger partial charge >= 0.3 is 0 Å². The molecule has 3 rings (SSSR count). The van der Waals surface area contributed by atoms with E-state index >= 15 is 0 Å². The molecular weight excluding hydrogens is 288 g/mol. The number of hydrogen-bond donors (Lipinski definition) is 1. The fourth-order valence-corrected chi connectivity index (χ4v) is 3.14. The van der Waals surface area contributed by atoms with Gasteiger partial charge in [-0.05, 0) is 11.4 Å². The summed E-state index contributed by atoms with van der Waals surface area (Å²) < 4.78 is 1.79. The summed E-state index contributed by atoms with van der Waals surface area (Å²) in [6, 6.07) is 1.85. The third kappa shape index (κ3) is 2.10. The molecule has 0 atom stereocenters. The monoisotopic (exact) mass is 300 g/mol. The average Bonchev–Trinajstić information content (AvgIpc) is 3.08. The van der Waals surface area contributed by atoms with E-state index in [0.717, 1.165) is 5.69 Å². The van der Waals surface area contributed by atoms with Crippen LogP contribution in [-0.4, -0.2) is 39.9 Å². The number of nitrogens with zero attached hydrogens (tertiary/aromatic N) is 3. The molecule has 0 spiro atoms. The normalized spacial score (nSPS) is 13.1. The summed E-state index contributed by atoms with van der Waals surface area (Å²) in [7, 11) is 1.71. The zero-order valence-corrected chi connectivity index (χ0v) is 12.1. The number of carbonyl (C=O) groups excluding carboxylic acids is 2. The zero-order chi connectivity index (χ0) is 15.0. The van der Waals surface area contributed by atoms with E-state index in [9.17, 15) is 9.59 Å². The molecule has 0 saturated carbocycles. The van der Waals surface area contributed by atoms with Crippen molar-refractivity contribution < 1.29 is 9.59 Å². The number of carbonyl (C=O) groups is 2. The Labute approximate surface area is 125 Å². The number of nitrogens with one attached hydrogen (secondary N) is 1. The predicted molar refractivity (Wildman–Crippen MR) is 78.4 cm³/mol. The molecule has 0 radical (unpaired) electrons. The SMILES string of the molecule is C#CCNC(=O)c1ncn2c1CN(C)C(=O)c1sccc1-2. The Morgan fingerprint density at radius 2 is 2.43 bits per heavy atom. The Hall–Kier alpha value is -2.59. The van der Waals surface area contributed by atoms with Crippen LogP contribution in [0.2, 0.25) is 0 Å². The largest absolute Gasteiger partial charge is 0.340 e. The fraction of sp³-hybridized carbons (Fsp3) is 0.214. The Morgan fingerprint density at radius 1 is 1.62 bits per heavy atom. The molecule has 3 heterocycles. The lowest BCUT2D eigenvalue weighted by atomic mass is 10.3. The first-order chi connectivity index (χ1) is 10.1. The molecule has 21 heavy (non-hydrogen) atoms. The molecule has 2 aromatic rings. The van der Waals surface area contributed by atoms with Gasteiger partial charge in [-0.15, -0.1) is 17.8 Å². The van der Waals surface area contributed by atoms with Crippen molar-refractivity contribution in [2.24, 2.45) is 0 Å². The van der Waals surface area contributed by atoms with Gasteiger partial charge in [0, 0.05) is 7.05 Å². The number of fused-ring (bicyclic) bond motifs is 3. The Kier molecular flexibility index (Phi) is 3.23. The van der Waals surface area contributed by atoms with Crippen LogP contribution < -0.4 is 5.32 Å². The van der Waals surface area contributed by atoms with E-state index in [1.54, 1.807) is 22.8 Å². The van der Waals surface area contributed by atoms with Crippen molar-refractivity contribution in [1.82, 2.24) is 19.8 Å².